The fourth-order valence-electron chi connectivity index (χ4n) is 5.14. The van der Waals surface area contributed by atoms with E-state index in [1.165, 1.54) is 38.5 Å². The number of alkyl halides is 1. The van der Waals surface area contributed by atoms with Crippen LogP contribution in [0.5, 0.6) is 0 Å². The summed E-state index contributed by atoms with van der Waals surface area (Å²) in [6.45, 7) is 2.23. The molecule has 1 atom stereocenters. The molecule has 1 N–H and O–H groups in total. The molecule has 0 spiro atoms. The third kappa shape index (κ3) is 2.05. The lowest BCUT2D eigenvalue weighted by Crippen LogP contribution is -2.56. The van der Waals surface area contributed by atoms with Gasteiger partial charge in [-0.05, 0) is 68.6 Å². The van der Waals surface area contributed by atoms with Crippen molar-refractivity contribution in [1.82, 2.24) is 5.32 Å². The highest BCUT2D eigenvalue weighted by atomic mass is 79.9. The second-order valence-corrected chi connectivity index (χ2v) is 7.26. The van der Waals surface area contributed by atoms with Gasteiger partial charge in [-0.15, -0.1) is 0 Å². The van der Waals surface area contributed by atoms with Crippen LogP contribution in [0.4, 0.5) is 0 Å². The minimum Gasteiger partial charge on any atom is -0.352 e. The Hall–Kier alpha value is -0.0500. The number of rotatable bonds is 3. The van der Waals surface area contributed by atoms with Gasteiger partial charge >= 0.3 is 0 Å². The summed E-state index contributed by atoms with van der Waals surface area (Å²) < 4.78 is 0. The second-order valence-electron chi connectivity index (χ2n) is 6.70. The SMILES string of the molecule is C[C@@H](NC(=O)CBr)C12CC3CC(CC(C3)C1)C2. The van der Waals surface area contributed by atoms with E-state index >= 15 is 0 Å². The van der Waals surface area contributed by atoms with Gasteiger partial charge in [0.15, 0.2) is 0 Å². The first-order chi connectivity index (χ1) is 8.11. The Morgan fingerprint density at radius 3 is 2.12 bits per heavy atom. The van der Waals surface area contributed by atoms with Gasteiger partial charge in [-0.25, -0.2) is 0 Å². The Bertz CT molecular complexity index is 293. The zero-order valence-electron chi connectivity index (χ0n) is 10.5. The third-order valence-corrected chi connectivity index (χ3v) is 6.01. The van der Waals surface area contributed by atoms with Crippen molar-refractivity contribution in [2.45, 2.75) is 51.5 Å². The van der Waals surface area contributed by atoms with Gasteiger partial charge in [0.25, 0.3) is 0 Å². The standard InChI is InChI=1S/C14H22BrNO/c1-9(16-13(17)8-15)14-5-10-2-11(6-14)4-12(3-10)7-14/h9-12H,2-8H2,1H3,(H,16,17)/t9-,10?,11?,12?,14?/m1/s1. The lowest BCUT2D eigenvalue weighted by molar-refractivity contribution is -0.123. The minimum atomic E-state index is 0.147. The van der Waals surface area contributed by atoms with Crippen molar-refractivity contribution in [1.29, 1.82) is 0 Å². The van der Waals surface area contributed by atoms with Crippen LogP contribution in [-0.4, -0.2) is 17.3 Å². The van der Waals surface area contributed by atoms with Crippen LogP contribution in [-0.2, 0) is 4.79 Å². The lowest BCUT2D eigenvalue weighted by Gasteiger charge is -2.59. The predicted octanol–water partition coefficient (Wildman–Crippen LogP) is 3.10. The molecule has 0 aromatic carbocycles. The molecule has 0 aliphatic heterocycles. The van der Waals surface area contributed by atoms with Gasteiger partial charge in [-0.2, -0.15) is 0 Å². The van der Waals surface area contributed by atoms with Crippen molar-refractivity contribution in [3.8, 4) is 0 Å². The number of carbonyl (C=O) groups is 1. The van der Waals surface area contributed by atoms with Crippen molar-refractivity contribution in [3.63, 3.8) is 0 Å². The van der Waals surface area contributed by atoms with Crippen molar-refractivity contribution in [3.05, 3.63) is 0 Å². The first kappa shape index (κ1) is 12.0. The van der Waals surface area contributed by atoms with E-state index in [0.717, 1.165) is 17.8 Å². The van der Waals surface area contributed by atoms with Crippen LogP contribution in [0.25, 0.3) is 0 Å². The van der Waals surface area contributed by atoms with E-state index in [-0.39, 0.29) is 5.91 Å². The molecule has 4 saturated carbocycles. The number of carbonyl (C=O) groups excluding carboxylic acids is 1. The minimum absolute atomic E-state index is 0.147. The highest BCUT2D eigenvalue weighted by Gasteiger charge is 2.53. The summed E-state index contributed by atoms with van der Waals surface area (Å²) in [5.41, 5.74) is 0.437. The molecular formula is C14H22BrNO. The summed E-state index contributed by atoms with van der Waals surface area (Å²) in [4.78, 5) is 11.6. The summed E-state index contributed by atoms with van der Waals surface area (Å²) in [5.74, 6) is 3.03. The molecule has 0 saturated heterocycles. The predicted molar refractivity (Wildman–Crippen MR) is 72.0 cm³/mol. The van der Waals surface area contributed by atoms with Gasteiger partial charge in [0.1, 0.15) is 0 Å². The molecule has 4 fully saturated rings. The quantitative estimate of drug-likeness (QED) is 0.797. The molecule has 4 aliphatic carbocycles. The average molecular weight is 300 g/mol. The number of hydrogen-bond acceptors (Lipinski definition) is 1. The molecule has 4 bridgehead atoms. The molecule has 96 valence electrons. The first-order valence-electron chi connectivity index (χ1n) is 6.96. The van der Waals surface area contributed by atoms with Gasteiger partial charge in [0, 0.05) is 6.04 Å². The maximum absolute atomic E-state index is 11.6. The van der Waals surface area contributed by atoms with Crippen LogP contribution in [0, 0.1) is 23.2 Å². The Morgan fingerprint density at radius 1 is 1.24 bits per heavy atom. The van der Waals surface area contributed by atoms with Crippen molar-refractivity contribution in [2.75, 3.05) is 5.33 Å². The van der Waals surface area contributed by atoms with Crippen LogP contribution < -0.4 is 5.32 Å². The first-order valence-corrected chi connectivity index (χ1v) is 8.09. The third-order valence-electron chi connectivity index (χ3n) is 5.50. The summed E-state index contributed by atoms with van der Waals surface area (Å²) in [7, 11) is 0. The Labute approximate surface area is 112 Å². The van der Waals surface area contributed by atoms with Gasteiger partial charge in [-0.3, -0.25) is 4.79 Å². The van der Waals surface area contributed by atoms with E-state index in [2.05, 4.69) is 28.2 Å². The van der Waals surface area contributed by atoms with Crippen molar-refractivity contribution in [2.24, 2.45) is 23.2 Å². The highest BCUT2D eigenvalue weighted by molar-refractivity contribution is 9.09. The average Bonchev–Trinajstić information content (AvgIpc) is 2.26. The smallest absolute Gasteiger partial charge is 0.230 e. The number of nitrogens with one attached hydrogen (secondary N) is 1. The van der Waals surface area contributed by atoms with E-state index in [0.29, 0.717) is 16.8 Å². The maximum atomic E-state index is 11.6. The summed E-state index contributed by atoms with van der Waals surface area (Å²) in [5, 5.41) is 3.63. The van der Waals surface area contributed by atoms with Crippen molar-refractivity contribution < 1.29 is 4.79 Å². The highest BCUT2D eigenvalue weighted by Crippen LogP contribution is 2.61. The molecule has 0 heterocycles. The molecular weight excluding hydrogens is 278 g/mol. The summed E-state index contributed by atoms with van der Waals surface area (Å²) in [6, 6.07) is 0.362. The van der Waals surface area contributed by atoms with Gasteiger partial charge in [0.2, 0.25) is 5.91 Å². The zero-order chi connectivity index (χ0) is 12.0. The molecule has 0 aromatic rings. The van der Waals surface area contributed by atoms with E-state index in [9.17, 15) is 4.79 Å². The topological polar surface area (TPSA) is 29.1 Å². The maximum Gasteiger partial charge on any atom is 0.230 e. The Morgan fingerprint density at radius 2 is 1.71 bits per heavy atom. The largest absolute Gasteiger partial charge is 0.352 e. The molecule has 0 radical (unpaired) electrons. The second kappa shape index (κ2) is 4.25. The zero-order valence-corrected chi connectivity index (χ0v) is 12.1. The lowest BCUT2D eigenvalue weighted by atomic mass is 9.48. The Kier molecular flexibility index (Phi) is 3.00. The van der Waals surface area contributed by atoms with E-state index in [1.807, 2.05) is 0 Å². The molecule has 17 heavy (non-hydrogen) atoms. The Balaban J connectivity index is 1.75. The number of hydrogen-bond donors (Lipinski definition) is 1. The molecule has 4 rings (SSSR count). The van der Waals surface area contributed by atoms with Gasteiger partial charge < -0.3 is 5.32 Å². The summed E-state index contributed by atoms with van der Waals surface area (Å²) >= 11 is 3.24. The van der Waals surface area contributed by atoms with Gasteiger partial charge in [0.05, 0.1) is 5.33 Å². The number of amides is 1. The molecule has 4 aliphatic rings. The molecule has 1 amide bonds. The van der Waals surface area contributed by atoms with E-state index in [4.69, 9.17) is 0 Å². The van der Waals surface area contributed by atoms with Crippen LogP contribution in [0.1, 0.15) is 45.4 Å². The molecule has 0 unspecified atom stereocenters. The fraction of sp³-hybridized carbons (Fsp3) is 0.929. The van der Waals surface area contributed by atoms with Crippen LogP contribution in [0.2, 0.25) is 0 Å². The summed E-state index contributed by atoms with van der Waals surface area (Å²) in [6.07, 6.45) is 8.50. The molecule has 0 aromatic heterocycles. The van der Waals surface area contributed by atoms with Crippen LogP contribution in [0.3, 0.4) is 0 Å². The molecule has 2 nitrogen and oxygen atoms in total. The van der Waals surface area contributed by atoms with Crippen LogP contribution in [0.15, 0.2) is 0 Å². The monoisotopic (exact) mass is 299 g/mol. The van der Waals surface area contributed by atoms with Crippen LogP contribution >= 0.6 is 15.9 Å². The van der Waals surface area contributed by atoms with E-state index < -0.39 is 0 Å². The van der Waals surface area contributed by atoms with Gasteiger partial charge in [-0.1, -0.05) is 15.9 Å². The fourth-order valence-corrected chi connectivity index (χ4v) is 5.30. The molecule has 3 heteroatoms. The van der Waals surface area contributed by atoms with E-state index in [1.54, 1.807) is 0 Å². The normalized spacial score (nSPS) is 44.7. The van der Waals surface area contributed by atoms with Crippen molar-refractivity contribution >= 4 is 21.8 Å². The number of halogens is 1.